The Kier molecular flexibility index (Phi) is 9.05. The number of carbonyl (C=O) groups is 2. The highest BCUT2D eigenvalue weighted by Crippen LogP contribution is 2.31. The molecule has 4 aromatic rings. The van der Waals surface area contributed by atoms with Gasteiger partial charge in [-0.25, -0.2) is 8.42 Å². The second-order valence-electron chi connectivity index (χ2n) is 11.3. The van der Waals surface area contributed by atoms with Gasteiger partial charge in [0.25, 0.3) is 0 Å². The van der Waals surface area contributed by atoms with E-state index in [4.69, 9.17) is 0 Å². The summed E-state index contributed by atoms with van der Waals surface area (Å²) in [5, 5.41) is 7.06. The van der Waals surface area contributed by atoms with Crippen molar-refractivity contribution in [3.63, 3.8) is 0 Å². The van der Waals surface area contributed by atoms with E-state index in [-0.39, 0.29) is 28.9 Å². The first-order valence-electron chi connectivity index (χ1n) is 13.4. The number of anilines is 1. The highest BCUT2D eigenvalue weighted by molar-refractivity contribution is 7.91. The number of benzene rings is 4. The monoisotopic (exact) mass is 556 g/mol. The maximum Gasteiger partial charge on any atom is 0.247 e. The first kappa shape index (κ1) is 29.0. The Labute approximate surface area is 236 Å². The maximum absolute atomic E-state index is 13.6. The van der Waals surface area contributed by atoms with Crippen molar-refractivity contribution in [2.24, 2.45) is 5.41 Å². The van der Waals surface area contributed by atoms with Crippen LogP contribution in [-0.4, -0.2) is 32.0 Å². The van der Waals surface area contributed by atoms with Gasteiger partial charge in [0.15, 0.2) is 9.84 Å². The molecule has 1 atom stereocenters. The van der Waals surface area contributed by atoms with Gasteiger partial charge in [0.2, 0.25) is 11.8 Å². The van der Waals surface area contributed by atoms with Gasteiger partial charge in [-0.1, -0.05) is 106 Å². The van der Waals surface area contributed by atoms with Crippen molar-refractivity contribution in [1.82, 2.24) is 5.32 Å². The van der Waals surface area contributed by atoms with Gasteiger partial charge in [0.1, 0.15) is 6.04 Å². The molecule has 0 saturated heterocycles. The quantitative estimate of drug-likeness (QED) is 0.252. The topological polar surface area (TPSA) is 92.3 Å². The molecule has 0 aliphatic heterocycles. The van der Waals surface area contributed by atoms with E-state index >= 15 is 0 Å². The fourth-order valence-electron chi connectivity index (χ4n) is 4.76. The van der Waals surface area contributed by atoms with Crippen molar-refractivity contribution >= 4 is 38.1 Å². The minimum atomic E-state index is -3.56. The molecule has 4 aromatic carbocycles. The summed E-state index contributed by atoms with van der Waals surface area (Å²) in [7, 11) is -3.56. The number of nitrogens with one attached hydrogen (secondary N) is 2. The van der Waals surface area contributed by atoms with Crippen LogP contribution >= 0.6 is 0 Å². The Hall–Kier alpha value is -3.97. The van der Waals surface area contributed by atoms with Crippen LogP contribution in [0.2, 0.25) is 0 Å². The van der Waals surface area contributed by atoms with E-state index in [0.717, 1.165) is 11.1 Å². The zero-order valence-electron chi connectivity index (χ0n) is 23.2. The lowest BCUT2D eigenvalue weighted by Gasteiger charge is -2.21. The molecule has 7 heteroatoms. The van der Waals surface area contributed by atoms with Crippen LogP contribution < -0.4 is 10.6 Å². The Balaban J connectivity index is 1.58. The highest BCUT2D eigenvalue weighted by Gasteiger charge is 2.26. The Morgan fingerprint density at radius 1 is 0.750 bits per heavy atom. The largest absolute Gasteiger partial charge is 0.344 e. The lowest BCUT2D eigenvalue weighted by atomic mass is 10.0. The first-order valence-corrected chi connectivity index (χ1v) is 15.1. The molecule has 0 radical (unpaired) electrons. The molecule has 0 heterocycles. The van der Waals surface area contributed by atoms with Gasteiger partial charge in [-0.2, -0.15) is 0 Å². The molecule has 0 saturated carbocycles. The minimum absolute atomic E-state index is 0.00383. The molecule has 0 aliphatic rings. The zero-order chi connectivity index (χ0) is 28.8. The summed E-state index contributed by atoms with van der Waals surface area (Å²) < 4.78 is 26.5. The average Bonchev–Trinajstić information content (AvgIpc) is 2.91. The summed E-state index contributed by atoms with van der Waals surface area (Å²) in [5.74, 6) is -0.579. The van der Waals surface area contributed by atoms with Gasteiger partial charge in [-0.15, -0.1) is 0 Å². The van der Waals surface area contributed by atoms with Crippen LogP contribution in [0.4, 0.5) is 5.69 Å². The molecule has 208 valence electrons. The molecule has 6 nitrogen and oxygen atoms in total. The molecule has 0 aliphatic carbocycles. The Bertz CT molecular complexity index is 1580. The molecule has 0 bridgehead atoms. The van der Waals surface area contributed by atoms with Gasteiger partial charge in [0, 0.05) is 29.3 Å². The summed E-state index contributed by atoms with van der Waals surface area (Å²) in [6, 6.07) is 28.8. The number of aryl methyl sites for hydroxylation is 1. The van der Waals surface area contributed by atoms with Gasteiger partial charge in [-0.3, -0.25) is 9.59 Å². The first-order chi connectivity index (χ1) is 19.0. The van der Waals surface area contributed by atoms with E-state index in [0.29, 0.717) is 29.3 Å². The molecule has 2 amide bonds. The van der Waals surface area contributed by atoms with Crippen LogP contribution in [0.3, 0.4) is 0 Å². The summed E-state index contributed by atoms with van der Waals surface area (Å²) >= 11 is 0. The average molecular weight is 557 g/mol. The zero-order valence-corrected chi connectivity index (χ0v) is 24.0. The van der Waals surface area contributed by atoms with Crippen molar-refractivity contribution < 1.29 is 18.0 Å². The van der Waals surface area contributed by atoms with Crippen LogP contribution in [0, 0.1) is 5.41 Å². The fourth-order valence-corrected chi connectivity index (χ4v) is 6.85. The van der Waals surface area contributed by atoms with E-state index < -0.39 is 21.3 Å². The standard InChI is InChI=1S/C33H36N2O4S/c1-33(2,3)23-40(38,39)30-19-11-16-26-27(30)17-10-18-28(26)35-32(37)29(22-25-14-8-5-9-15-25)34-31(36)21-20-24-12-6-4-7-13-24/h4-19,29H,20-23H2,1-3H3,(H,34,36)(H,35,37)/t29-/m0/s1. The molecule has 0 aromatic heterocycles. The van der Waals surface area contributed by atoms with E-state index in [1.807, 2.05) is 81.4 Å². The predicted molar refractivity (Wildman–Crippen MR) is 161 cm³/mol. The van der Waals surface area contributed by atoms with Crippen LogP contribution in [-0.2, 0) is 32.3 Å². The maximum atomic E-state index is 13.6. The molecular formula is C33H36N2O4S. The third-order valence-electron chi connectivity index (χ3n) is 6.52. The van der Waals surface area contributed by atoms with Gasteiger partial charge in [-0.05, 0) is 35.1 Å². The van der Waals surface area contributed by atoms with Crippen molar-refractivity contribution in [2.75, 3.05) is 11.1 Å². The summed E-state index contributed by atoms with van der Waals surface area (Å²) in [6.07, 6.45) is 1.15. The lowest BCUT2D eigenvalue weighted by Crippen LogP contribution is -2.45. The number of hydrogen-bond donors (Lipinski definition) is 2. The molecular weight excluding hydrogens is 520 g/mol. The van der Waals surface area contributed by atoms with Crippen molar-refractivity contribution in [1.29, 1.82) is 0 Å². The normalized spacial score (nSPS) is 12.6. The Morgan fingerprint density at radius 3 is 2.00 bits per heavy atom. The smallest absolute Gasteiger partial charge is 0.247 e. The number of amides is 2. The second kappa shape index (κ2) is 12.5. The number of rotatable bonds is 10. The van der Waals surface area contributed by atoms with Crippen molar-refractivity contribution in [2.45, 2.75) is 51.0 Å². The van der Waals surface area contributed by atoms with E-state index in [1.165, 1.54) is 0 Å². The minimum Gasteiger partial charge on any atom is -0.344 e. The fraction of sp³-hybridized carbons (Fsp3) is 0.273. The lowest BCUT2D eigenvalue weighted by molar-refractivity contribution is -0.126. The van der Waals surface area contributed by atoms with E-state index in [2.05, 4.69) is 10.6 Å². The SMILES string of the molecule is CC(C)(C)CS(=O)(=O)c1cccc2c(NC(=O)[C@H](Cc3ccccc3)NC(=O)CCc3ccccc3)cccc12. The molecule has 2 N–H and O–H groups in total. The summed E-state index contributed by atoms with van der Waals surface area (Å²) in [4.78, 5) is 26.7. The number of sulfone groups is 1. The van der Waals surface area contributed by atoms with E-state index in [9.17, 15) is 18.0 Å². The van der Waals surface area contributed by atoms with Crippen molar-refractivity contribution in [3.05, 3.63) is 108 Å². The molecule has 0 spiro atoms. The third kappa shape index (κ3) is 7.79. The van der Waals surface area contributed by atoms with Crippen molar-refractivity contribution in [3.8, 4) is 0 Å². The highest BCUT2D eigenvalue weighted by atomic mass is 32.2. The van der Waals surface area contributed by atoms with Crippen LogP contribution in [0.1, 0.15) is 38.3 Å². The summed E-state index contributed by atoms with van der Waals surface area (Å²) in [6.45, 7) is 5.67. The molecule has 4 rings (SSSR count). The number of fused-ring (bicyclic) bond motifs is 1. The van der Waals surface area contributed by atoms with Gasteiger partial charge >= 0.3 is 0 Å². The van der Waals surface area contributed by atoms with Crippen LogP contribution in [0.25, 0.3) is 10.8 Å². The summed E-state index contributed by atoms with van der Waals surface area (Å²) in [5.41, 5.74) is 2.05. The van der Waals surface area contributed by atoms with Gasteiger partial charge in [0.05, 0.1) is 10.6 Å². The van der Waals surface area contributed by atoms with Crippen LogP contribution in [0.15, 0.2) is 102 Å². The second-order valence-corrected chi connectivity index (χ2v) is 13.2. The number of hydrogen-bond acceptors (Lipinski definition) is 4. The van der Waals surface area contributed by atoms with E-state index in [1.54, 1.807) is 36.4 Å². The van der Waals surface area contributed by atoms with Crippen LogP contribution in [0.5, 0.6) is 0 Å². The van der Waals surface area contributed by atoms with Gasteiger partial charge < -0.3 is 10.6 Å². The number of carbonyl (C=O) groups excluding carboxylic acids is 2. The predicted octanol–water partition coefficient (Wildman–Crippen LogP) is 5.96. The Morgan fingerprint density at radius 2 is 1.35 bits per heavy atom. The molecule has 0 fully saturated rings. The molecule has 0 unspecified atom stereocenters. The molecule has 40 heavy (non-hydrogen) atoms. The third-order valence-corrected chi connectivity index (χ3v) is 8.79.